The first kappa shape index (κ1) is 22.3. The molecule has 0 saturated heterocycles. The molecule has 0 radical (unpaired) electrons. The van der Waals surface area contributed by atoms with Crippen LogP contribution in [0, 0.1) is 0 Å². The van der Waals surface area contributed by atoms with E-state index in [1.54, 1.807) is 67.8 Å². The van der Waals surface area contributed by atoms with Crippen LogP contribution in [0.3, 0.4) is 0 Å². The lowest BCUT2D eigenvalue weighted by molar-refractivity contribution is 0.103. The summed E-state index contributed by atoms with van der Waals surface area (Å²) in [5.41, 5.74) is 1.88. The van der Waals surface area contributed by atoms with Crippen LogP contribution in [0.2, 0.25) is 0 Å². The van der Waals surface area contributed by atoms with E-state index in [0.29, 0.717) is 34.9 Å². The van der Waals surface area contributed by atoms with Gasteiger partial charge < -0.3 is 14.8 Å². The standard InChI is InChI=1S/C25H22N2O5S/c1-3-32-19-12-14-20(15-13-19)33(29,30)27-23-16-24(25(28)22-7-5-4-6-21(22)23)26-17-8-10-18(31-2)11-9-17/h4-16,26H,3H2,1-2H3/b27-23-. The van der Waals surface area contributed by atoms with Crippen LogP contribution in [-0.4, -0.2) is 33.6 Å². The van der Waals surface area contributed by atoms with Crippen LogP contribution < -0.4 is 14.8 Å². The lowest BCUT2D eigenvalue weighted by atomic mass is 9.92. The number of nitrogens with one attached hydrogen (secondary N) is 1. The number of carbonyl (C=O) groups excluding carboxylic acids is 1. The molecule has 1 N–H and O–H groups in total. The molecule has 168 valence electrons. The van der Waals surface area contributed by atoms with Crippen molar-refractivity contribution in [3.05, 3.63) is 95.7 Å². The number of methoxy groups -OCH3 is 1. The van der Waals surface area contributed by atoms with Gasteiger partial charge in [0.1, 0.15) is 11.5 Å². The minimum absolute atomic E-state index is 0.0332. The third-order valence-electron chi connectivity index (χ3n) is 4.99. The van der Waals surface area contributed by atoms with Crippen molar-refractivity contribution in [1.29, 1.82) is 0 Å². The lowest BCUT2D eigenvalue weighted by Crippen LogP contribution is -2.22. The van der Waals surface area contributed by atoms with Crippen LogP contribution in [0.15, 0.2) is 93.9 Å². The van der Waals surface area contributed by atoms with E-state index in [0.717, 1.165) is 0 Å². The van der Waals surface area contributed by atoms with E-state index in [4.69, 9.17) is 9.47 Å². The quantitative estimate of drug-likeness (QED) is 0.557. The Morgan fingerprint density at radius 2 is 1.52 bits per heavy atom. The van der Waals surface area contributed by atoms with E-state index in [2.05, 4.69) is 9.71 Å². The molecule has 0 heterocycles. The summed E-state index contributed by atoms with van der Waals surface area (Å²) in [5, 5.41) is 3.06. The second-order valence-corrected chi connectivity index (χ2v) is 8.75. The maximum atomic E-state index is 13.1. The summed E-state index contributed by atoms with van der Waals surface area (Å²) in [7, 11) is -2.46. The number of carbonyl (C=O) groups is 1. The molecule has 0 unspecified atom stereocenters. The number of hydrogen-bond acceptors (Lipinski definition) is 6. The van der Waals surface area contributed by atoms with Crippen molar-refractivity contribution in [3.8, 4) is 11.5 Å². The van der Waals surface area contributed by atoms with E-state index < -0.39 is 10.0 Å². The topological polar surface area (TPSA) is 94.1 Å². The largest absolute Gasteiger partial charge is 0.497 e. The molecule has 7 nitrogen and oxygen atoms in total. The zero-order valence-corrected chi connectivity index (χ0v) is 18.9. The number of anilines is 1. The average molecular weight is 463 g/mol. The number of sulfonamides is 1. The molecular formula is C25H22N2O5S. The third kappa shape index (κ3) is 4.80. The van der Waals surface area contributed by atoms with Gasteiger partial charge in [0.2, 0.25) is 5.78 Å². The van der Waals surface area contributed by atoms with Gasteiger partial charge in [-0.25, -0.2) is 0 Å². The molecule has 1 aliphatic rings. The van der Waals surface area contributed by atoms with E-state index >= 15 is 0 Å². The molecule has 0 amide bonds. The predicted molar refractivity (Wildman–Crippen MR) is 127 cm³/mol. The molecule has 33 heavy (non-hydrogen) atoms. The van der Waals surface area contributed by atoms with Gasteiger partial charge in [-0.2, -0.15) is 12.8 Å². The summed E-state index contributed by atoms with van der Waals surface area (Å²) in [6.07, 6.45) is 1.46. The van der Waals surface area contributed by atoms with Crippen LogP contribution in [0.4, 0.5) is 5.69 Å². The number of Topliss-reactive ketones (excluding diaryl/α,β-unsaturated/α-hetero) is 1. The van der Waals surface area contributed by atoms with Gasteiger partial charge in [0.25, 0.3) is 10.0 Å². The molecule has 8 heteroatoms. The third-order valence-corrected chi connectivity index (χ3v) is 6.30. The van der Waals surface area contributed by atoms with E-state index in [1.165, 1.54) is 18.2 Å². The van der Waals surface area contributed by atoms with E-state index in [1.807, 2.05) is 6.92 Å². The Morgan fingerprint density at radius 1 is 0.879 bits per heavy atom. The molecule has 0 aromatic heterocycles. The minimum Gasteiger partial charge on any atom is -0.497 e. The Kier molecular flexibility index (Phi) is 6.28. The van der Waals surface area contributed by atoms with Gasteiger partial charge in [-0.05, 0) is 61.5 Å². The number of hydrogen-bond donors (Lipinski definition) is 1. The number of benzene rings is 3. The van der Waals surface area contributed by atoms with Gasteiger partial charge >= 0.3 is 0 Å². The Morgan fingerprint density at radius 3 is 2.15 bits per heavy atom. The second-order valence-electron chi connectivity index (χ2n) is 7.14. The highest BCUT2D eigenvalue weighted by Gasteiger charge is 2.26. The number of allylic oxidation sites excluding steroid dienone is 2. The second kappa shape index (κ2) is 9.30. The predicted octanol–water partition coefficient (Wildman–Crippen LogP) is 4.46. The van der Waals surface area contributed by atoms with Gasteiger partial charge in [0.15, 0.2) is 0 Å². The number of fused-ring (bicyclic) bond motifs is 1. The molecule has 0 spiro atoms. The first-order valence-corrected chi connectivity index (χ1v) is 11.7. The fraction of sp³-hybridized carbons (Fsp3) is 0.120. The summed E-state index contributed by atoms with van der Waals surface area (Å²) in [5.74, 6) is 1.00. The highest BCUT2D eigenvalue weighted by atomic mass is 32.2. The molecule has 3 aromatic carbocycles. The van der Waals surface area contributed by atoms with Gasteiger partial charge in [0.05, 0.1) is 30.0 Å². The fourth-order valence-corrected chi connectivity index (χ4v) is 4.38. The summed E-state index contributed by atoms with van der Waals surface area (Å²) < 4.78 is 40.6. The Hall–Kier alpha value is -3.91. The molecule has 4 rings (SSSR count). The minimum atomic E-state index is -4.02. The maximum absolute atomic E-state index is 13.1. The molecule has 0 atom stereocenters. The van der Waals surface area contributed by atoms with Crippen molar-refractivity contribution in [2.24, 2.45) is 4.40 Å². The van der Waals surface area contributed by atoms with Gasteiger partial charge in [-0.1, -0.05) is 24.3 Å². The fourth-order valence-electron chi connectivity index (χ4n) is 3.38. The molecule has 3 aromatic rings. The van der Waals surface area contributed by atoms with Crippen molar-refractivity contribution >= 4 is 27.2 Å². The summed E-state index contributed by atoms with van der Waals surface area (Å²) in [6.45, 7) is 2.33. The lowest BCUT2D eigenvalue weighted by Gasteiger charge is -2.19. The first-order valence-electron chi connectivity index (χ1n) is 10.3. The van der Waals surface area contributed by atoms with Crippen LogP contribution in [0.5, 0.6) is 11.5 Å². The molecule has 0 saturated carbocycles. The van der Waals surface area contributed by atoms with E-state index in [9.17, 15) is 13.2 Å². The molecular weight excluding hydrogens is 440 g/mol. The number of ether oxygens (including phenoxy) is 2. The maximum Gasteiger partial charge on any atom is 0.282 e. The highest BCUT2D eigenvalue weighted by Crippen LogP contribution is 2.26. The molecule has 0 aliphatic heterocycles. The smallest absolute Gasteiger partial charge is 0.282 e. The number of rotatable bonds is 7. The zero-order chi connectivity index (χ0) is 23.4. The van der Waals surface area contributed by atoms with Crippen molar-refractivity contribution in [2.45, 2.75) is 11.8 Å². The summed E-state index contributed by atoms with van der Waals surface area (Å²) in [6, 6.07) is 19.9. The summed E-state index contributed by atoms with van der Waals surface area (Å²) >= 11 is 0. The van der Waals surface area contributed by atoms with Crippen LogP contribution in [0.25, 0.3) is 0 Å². The van der Waals surface area contributed by atoms with Crippen molar-refractivity contribution < 1.29 is 22.7 Å². The molecule has 0 bridgehead atoms. The summed E-state index contributed by atoms with van der Waals surface area (Å²) in [4.78, 5) is 13.1. The van der Waals surface area contributed by atoms with Gasteiger partial charge in [0, 0.05) is 16.8 Å². The van der Waals surface area contributed by atoms with Gasteiger partial charge in [-0.15, -0.1) is 0 Å². The van der Waals surface area contributed by atoms with Crippen molar-refractivity contribution in [1.82, 2.24) is 0 Å². The number of nitrogens with zero attached hydrogens (tertiary/aromatic N) is 1. The van der Waals surface area contributed by atoms with Gasteiger partial charge in [-0.3, -0.25) is 4.79 Å². The Bertz CT molecular complexity index is 1340. The molecule has 1 aliphatic carbocycles. The van der Waals surface area contributed by atoms with Crippen molar-refractivity contribution in [2.75, 3.05) is 19.0 Å². The van der Waals surface area contributed by atoms with Crippen LogP contribution in [0.1, 0.15) is 22.8 Å². The van der Waals surface area contributed by atoms with Crippen molar-refractivity contribution in [3.63, 3.8) is 0 Å². The Balaban J connectivity index is 1.73. The average Bonchev–Trinajstić information content (AvgIpc) is 2.83. The number of ketones is 1. The molecule has 0 fully saturated rings. The zero-order valence-electron chi connectivity index (χ0n) is 18.1. The highest BCUT2D eigenvalue weighted by molar-refractivity contribution is 7.90. The van der Waals surface area contributed by atoms with Crippen LogP contribution >= 0.6 is 0 Å². The van der Waals surface area contributed by atoms with E-state index in [-0.39, 0.29) is 22.1 Å². The Labute approximate surface area is 192 Å². The monoisotopic (exact) mass is 462 g/mol. The van der Waals surface area contributed by atoms with Crippen LogP contribution in [-0.2, 0) is 10.0 Å². The first-order chi connectivity index (χ1) is 15.9. The SMILES string of the molecule is CCOc1ccc(S(=O)(=O)/N=C2/C=C(Nc3ccc(OC)cc3)C(=O)c3ccccc32)cc1. The normalized spacial score (nSPS) is 14.4.